The Kier molecular flexibility index (Phi) is 6.70. The number of nitrogens with one attached hydrogen (secondary N) is 2. The number of aromatic nitrogens is 1. The minimum absolute atomic E-state index is 0.0262. The van der Waals surface area contributed by atoms with Crippen LogP contribution in [0.25, 0.3) is 6.08 Å². The lowest BCUT2D eigenvalue weighted by atomic mass is 10.1. The van der Waals surface area contributed by atoms with E-state index in [1.165, 1.54) is 6.92 Å². The van der Waals surface area contributed by atoms with Crippen molar-refractivity contribution in [3.05, 3.63) is 52.9 Å². The van der Waals surface area contributed by atoms with E-state index in [1.54, 1.807) is 30.3 Å². The van der Waals surface area contributed by atoms with Gasteiger partial charge in [0.05, 0.1) is 6.10 Å². The molecular weight excluding hydrogens is 380 g/mol. The molecule has 0 unspecified atom stereocenters. The van der Waals surface area contributed by atoms with E-state index in [-0.39, 0.29) is 17.6 Å². The largest absolute Gasteiger partial charge is 0.376 e. The Labute approximate surface area is 176 Å². The second-order valence-corrected chi connectivity index (χ2v) is 7.45. The summed E-state index contributed by atoms with van der Waals surface area (Å²) in [5.74, 6) is -0.646. The van der Waals surface area contributed by atoms with Gasteiger partial charge in [-0.1, -0.05) is 0 Å². The summed E-state index contributed by atoms with van der Waals surface area (Å²) in [6.07, 6.45) is 3.97. The van der Waals surface area contributed by atoms with Crippen LogP contribution in [0.15, 0.2) is 35.9 Å². The Morgan fingerprint density at radius 3 is 2.47 bits per heavy atom. The number of rotatable bonds is 6. The third kappa shape index (κ3) is 5.16. The van der Waals surface area contributed by atoms with E-state index in [0.29, 0.717) is 11.4 Å². The van der Waals surface area contributed by atoms with Crippen LogP contribution in [0, 0.1) is 25.2 Å². The maximum Gasteiger partial charge on any atom is 0.266 e. The zero-order chi connectivity index (χ0) is 21.7. The van der Waals surface area contributed by atoms with Crippen molar-refractivity contribution in [3.63, 3.8) is 0 Å². The lowest BCUT2D eigenvalue weighted by Gasteiger charge is -2.14. The summed E-state index contributed by atoms with van der Waals surface area (Å²) in [7, 11) is 0. The highest BCUT2D eigenvalue weighted by molar-refractivity contribution is 6.09. The van der Waals surface area contributed by atoms with E-state index in [0.717, 1.165) is 42.9 Å². The summed E-state index contributed by atoms with van der Waals surface area (Å²) < 4.78 is 7.91. The molecule has 0 aliphatic carbocycles. The molecule has 156 valence electrons. The minimum Gasteiger partial charge on any atom is -0.376 e. The van der Waals surface area contributed by atoms with E-state index in [9.17, 15) is 14.9 Å². The quantitative estimate of drug-likeness (QED) is 0.563. The van der Waals surface area contributed by atoms with Gasteiger partial charge in [-0.05, 0) is 68.7 Å². The van der Waals surface area contributed by atoms with Crippen molar-refractivity contribution in [3.8, 4) is 6.07 Å². The summed E-state index contributed by atoms with van der Waals surface area (Å²) in [5, 5.41) is 14.9. The first-order valence-corrected chi connectivity index (χ1v) is 9.96. The van der Waals surface area contributed by atoms with Gasteiger partial charge < -0.3 is 19.9 Å². The third-order valence-electron chi connectivity index (χ3n) is 5.15. The fraction of sp³-hybridized carbons (Fsp3) is 0.348. The van der Waals surface area contributed by atoms with Gasteiger partial charge in [-0.3, -0.25) is 9.59 Å². The summed E-state index contributed by atoms with van der Waals surface area (Å²) in [6, 6.07) is 10.7. The van der Waals surface area contributed by atoms with Crippen LogP contribution in [0.2, 0.25) is 0 Å². The minimum atomic E-state index is -0.478. The smallest absolute Gasteiger partial charge is 0.266 e. The molecule has 1 saturated heterocycles. The van der Waals surface area contributed by atoms with Gasteiger partial charge in [0.2, 0.25) is 5.91 Å². The molecule has 0 spiro atoms. The Morgan fingerprint density at radius 1 is 1.23 bits per heavy atom. The predicted octanol–water partition coefficient (Wildman–Crippen LogP) is 3.79. The highest BCUT2D eigenvalue weighted by Gasteiger charge is 2.19. The Balaban J connectivity index is 1.74. The van der Waals surface area contributed by atoms with Crippen molar-refractivity contribution < 1.29 is 14.3 Å². The molecule has 30 heavy (non-hydrogen) atoms. The second-order valence-electron chi connectivity index (χ2n) is 7.45. The van der Waals surface area contributed by atoms with Crippen LogP contribution >= 0.6 is 0 Å². The zero-order valence-electron chi connectivity index (χ0n) is 17.5. The van der Waals surface area contributed by atoms with Crippen LogP contribution in [0.4, 0.5) is 11.4 Å². The molecule has 7 heteroatoms. The van der Waals surface area contributed by atoms with Crippen molar-refractivity contribution in [1.82, 2.24) is 4.57 Å². The molecule has 1 aromatic heterocycles. The molecule has 1 fully saturated rings. The fourth-order valence-electron chi connectivity index (χ4n) is 3.59. The predicted molar refractivity (Wildman–Crippen MR) is 116 cm³/mol. The van der Waals surface area contributed by atoms with Gasteiger partial charge in [0.25, 0.3) is 5.91 Å². The molecule has 1 aliphatic rings. The summed E-state index contributed by atoms with van der Waals surface area (Å²) in [4.78, 5) is 23.7. The van der Waals surface area contributed by atoms with Gasteiger partial charge in [0.15, 0.2) is 0 Å². The van der Waals surface area contributed by atoms with Gasteiger partial charge in [0.1, 0.15) is 11.6 Å². The first kappa shape index (κ1) is 21.3. The molecule has 2 aromatic rings. The van der Waals surface area contributed by atoms with Crippen LogP contribution in [0.5, 0.6) is 0 Å². The molecular formula is C23H26N4O3. The highest BCUT2D eigenvalue weighted by atomic mass is 16.5. The first-order valence-electron chi connectivity index (χ1n) is 9.96. The molecule has 3 rings (SSSR count). The Bertz CT molecular complexity index is 1010. The molecule has 1 aliphatic heterocycles. The lowest BCUT2D eigenvalue weighted by molar-refractivity contribution is -0.114. The van der Waals surface area contributed by atoms with Crippen molar-refractivity contribution >= 4 is 29.3 Å². The molecule has 0 bridgehead atoms. The van der Waals surface area contributed by atoms with Crippen LogP contribution < -0.4 is 10.6 Å². The van der Waals surface area contributed by atoms with Crippen molar-refractivity contribution in [2.45, 2.75) is 46.3 Å². The maximum absolute atomic E-state index is 12.6. The molecule has 2 N–H and O–H groups in total. The summed E-state index contributed by atoms with van der Waals surface area (Å²) in [6.45, 7) is 7.02. The third-order valence-corrected chi connectivity index (χ3v) is 5.15. The number of anilines is 2. The standard InChI is InChI=1S/C23H26N4O3/c1-15-11-18(16(2)27(15)14-22-5-4-10-30-22)12-19(13-24)23(29)26-21-8-6-20(7-9-21)25-17(3)28/h6-9,11-12,22H,4-5,10,14H2,1-3H3,(H,25,28)(H,26,29)/b19-12+/t22-/m0/s1. The molecule has 2 heterocycles. The number of carbonyl (C=O) groups excluding carboxylic acids is 2. The number of ether oxygens (including phenoxy) is 1. The van der Waals surface area contributed by atoms with E-state index in [2.05, 4.69) is 15.2 Å². The normalized spacial score (nSPS) is 16.2. The SMILES string of the molecule is CC(=O)Nc1ccc(NC(=O)/C(C#N)=C/c2cc(C)n(C[C@@H]3CCCO3)c2C)cc1. The average Bonchev–Trinajstić information content (AvgIpc) is 3.31. The van der Waals surface area contributed by atoms with Crippen molar-refractivity contribution in [1.29, 1.82) is 5.26 Å². The topological polar surface area (TPSA) is 96.2 Å². The van der Waals surface area contributed by atoms with Gasteiger partial charge in [0, 0.05) is 42.8 Å². The summed E-state index contributed by atoms with van der Waals surface area (Å²) in [5.41, 5.74) is 4.12. The number of hydrogen-bond acceptors (Lipinski definition) is 4. The maximum atomic E-state index is 12.6. The number of carbonyl (C=O) groups is 2. The van der Waals surface area contributed by atoms with E-state index >= 15 is 0 Å². The molecule has 0 radical (unpaired) electrons. The number of nitrogens with zero attached hydrogens (tertiary/aromatic N) is 2. The van der Waals surface area contributed by atoms with Crippen molar-refractivity contribution in [2.75, 3.05) is 17.2 Å². The van der Waals surface area contributed by atoms with Gasteiger partial charge in [-0.2, -0.15) is 5.26 Å². The van der Waals surface area contributed by atoms with Gasteiger partial charge >= 0.3 is 0 Å². The van der Waals surface area contributed by atoms with Crippen molar-refractivity contribution in [2.24, 2.45) is 0 Å². The second kappa shape index (κ2) is 9.42. The number of nitriles is 1. The van der Waals surface area contributed by atoms with Crippen LogP contribution in [0.1, 0.15) is 36.7 Å². The highest BCUT2D eigenvalue weighted by Crippen LogP contribution is 2.22. The van der Waals surface area contributed by atoms with Crippen LogP contribution in [0.3, 0.4) is 0 Å². The van der Waals surface area contributed by atoms with Crippen LogP contribution in [-0.2, 0) is 20.9 Å². The molecule has 1 aromatic carbocycles. The number of hydrogen-bond donors (Lipinski definition) is 2. The van der Waals surface area contributed by atoms with Gasteiger partial charge in [-0.25, -0.2) is 0 Å². The molecule has 1 atom stereocenters. The molecule has 2 amide bonds. The average molecular weight is 406 g/mol. The van der Waals surface area contributed by atoms with E-state index < -0.39 is 5.91 Å². The van der Waals surface area contributed by atoms with Crippen LogP contribution in [-0.4, -0.2) is 29.1 Å². The summed E-state index contributed by atoms with van der Waals surface area (Å²) >= 11 is 0. The molecule has 0 saturated carbocycles. The molecule has 7 nitrogen and oxygen atoms in total. The van der Waals surface area contributed by atoms with Gasteiger partial charge in [-0.15, -0.1) is 0 Å². The monoisotopic (exact) mass is 406 g/mol. The lowest BCUT2D eigenvalue weighted by Crippen LogP contribution is -2.17. The van der Waals surface area contributed by atoms with E-state index in [1.807, 2.05) is 26.0 Å². The first-order chi connectivity index (χ1) is 14.4. The Morgan fingerprint density at radius 2 is 1.90 bits per heavy atom. The van der Waals surface area contributed by atoms with E-state index in [4.69, 9.17) is 4.74 Å². The number of amides is 2. The Hall–Kier alpha value is -3.37. The number of aryl methyl sites for hydroxylation is 1. The number of benzene rings is 1. The zero-order valence-corrected chi connectivity index (χ0v) is 17.5. The fourth-order valence-corrected chi connectivity index (χ4v) is 3.59.